The van der Waals surface area contributed by atoms with E-state index in [9.17, 15) is 14.9 Å². The maximum absolute atomic E-state index is 12.9. The molecule has 1 amide bonds. The van der Waals surface area contributed by atoms with Crippen LogP contribution in [0, 0.1) is 24.0 Å². The average Bonchev–Trinajstić information content (AvgIpc) is 3.22. The standard InChI is InChI=1S/C21H16N4O4S/c1-12-3-5-17(13(2)9-12)23-20-16(19(26)24-21-22-7-8-30-21)11-14-10-15(25(27)28)4-6-18(14)29-20/h3-11H,1-2H3,(H,22,24,26). The van der Waals surface area contributed by atoms with Crippen molar-refractivity contribution in [1.82, 2.24) is 4.98 Å². The first-order chi connectivity index (χ1) is 14.4. The van der Waals surface area contributed by atoms with Gasteiger partial charge in [0.25, 0.3) is 11.6 Å². The van der Waals surface area contributed by atoms with E-state index < -0.39 is 10.8 Å². The molecule has 0 unspecified atom stereocenters. The predicted octanol–water partition coefficient (Wildman–Crippen LogP) is 4.90. The highest BCUT2D eigenvalue weighted by atomic mass is 32.1. The molecule has 0 spiro atoms. The molecule has 9 heteroatoms. The lowest BCUT2D eigenvalue weighted by Crippen LogP contribution is -2.21. The fraction of sp³-hybridized carbons (Fsp3) is 0.0952. The van der Waals surface area contributed by atoms with Gasteiger partial charge in [-0.1, -0.05) is 17.7 Å². The fourth-order valence-corrected chi connectivity index (χ4v) is 3.49. The Kier molecular flexibility index (Phi) is 5.11. The number of aryl methyl sites for hydroxylation is 2. The van der Waals surface area contributed by atoms with Crippen LogP contribution in [0.15, 0.2) is 63.5 Å². The van der Waals surface area contributed by atoms with Crippen LogP contribution in [0.2, 0.25) is 0 Å². The Hall–Kier alpha value is -3.85. The van der Waals surface area contributed by atoms with E-state index >= 15 is 0 Å². The first-order valence-electron chi connectivity index (χ1n) is 8.96. The molecule has 0 bridgehead atoms. The third kappa shape index (κ3) is 3.96. The molecule has 0 aliphatic carbocycles. The Balaban J connectivity index is 1.91. The van der Waals surface area contributed by atoms with Crippen LogP contribution in [0.1, 0.15) is 21.5 Å². The molecule has 4 rings (SSSR count). The number of nitro benzene ring substituents is 1. The van der Waals surface area contributed by atoms with E-state index in [0.717, 1.165) is 11.1 Å². The van der Waals surface area contributed by atoms with Crippen LogP contribution in [-0.2, 0) is 0 Å². The second-order valence-electron chi connectivity index (χ2n) is 6.64. The van der Waals surface area contributed by atoms with Crippen LogP contribution < -0.4 is 10.9 Å². The van der Waals surface area contributed by atoms with Gasteiger partial charge in [0.1, 0.15) is 11.1 Å². The number of thiazole rings is 1. The van der Waals surface area contributed by atoms with E-state index in [4.69, 9.17) is 4.42 Å². The second-order valence-corrected chi connectivity index (χ2v) is 7.53. The highest BCUT2D eigenvalue weighted by Crippen LogP contribution is 2.23. The lowest BCUT2D eigenvalue weighted by molar-refractivity contribution is -0.384. The normalized spacial score (nSPS) is 11.6. The Bertz CT molecular complexity index is 1340. The van der Waals surface area contributed by atoms with Crippen molar-refractivity contribution in [1.29, 1.82) is 0 Å². The number of nitrogens with one attached hydrogen (secondary N) is 1. The highest BCUT2D eigenvalue weighted by molar-refractivity contribution is 7.13. The minimum absolute atomic E-state index is 0.0944. The summed E-state index contributed by atoms with van der Waals surface area (Å²) in [5, 5.41) is 16.4. The van der Waals surface area contributed by atoms with Crippen molar-refractivity contribution >= 4 is 44.7 Å². The molecule has 2 aromatic carbocycles. The van der Waals surface area contributed by atoms with Crippen molar-refractivity contribution in [2.24, 2.45) is 4.99 Å². The third-order valence-corrected chi connectivity index (χ3v) is 5.10. The van der Waals surface area contributed by atoms with E-state index in [1.54, 1.807) is 11.6 Å². The number of carbonyl (C=O) groups is 1. The second kappa shape index (κ2) is 7.88. The topological polar surface area (TPSA) is 111 Å². The zero-order valence-corrected chi connectivity index (χ0v) is 16.9. The van der Waals surface area contributed by atoms with Crippen molar-refractivity contribution in [2.75, 3.05) is 5.32 Å². The molecule has 2 aromatic heterocycles. The molecule has 0 aliphatic heterocycles. The zero-order chi connectivity index (χ0) is 21.3. The number of non-ortho nitro benzene ring substituents is 1. The molecule has 0 radical (unpaired) electrons. The molecule has 0 saturated heterocycles. The van der Waals surface area contributed by atoms with Crippen LogP contribution in [0.5, 0.6) is 0 Å². The maximum Gasteiger partial charge on any atom is 0.270 e. The fourth-order valence-electron chi connectivity index (χ4n) is 2.97. The third-order valence-electron chi connectivity index (χ3n) is 4.41. The molecule has 1 N–H and O–H groups in total. The number of fused-ring (bicyclic) bond motifs is 1. The summed E-state index contributed by atoms with van der Waals surface area (Å²) in [4.78, 5) is 32.2. The molecule has 0 saturated carbocycles. The lowest BCUT2D eigenvalue weighted by atomic mass is 10.1. The Morgan fingerprint density at radius 1 is 1.20 bits per heavy atom. The smallest absolute Gasteiger partial charge is 0.270 e. The molecule has 2 heterocycles. The van der Waals surface area contributed by atoms with Gasteiger partial charge < -0.3 is 4.42 Å². The number of nitro groups is 1. The maximum atomic E-state index is 12.9. The van der Waals surface area contributed by atoms with Crippen LogP contribution >= 0.6 is 11.3 Å². The van der Waals surface area contributed by atoms with Gasteiger partial charge in [-0.15, -0.1) is 11.3 Å². The number of anilines is 1. The molecular formula is C21H16N4O4S. The van der Waals surface area contributed by atoms with Gasteiger partial charge in [-0.2, -0.15) is 0 Å². The van der Waals surface area contributed by atoms with Gasteiger partial charge in [-0.25, -0.2) is 9.98 Å². The minimum atomic E-state index is -0.497. The van der Waals surface area contributed by atoms with Crippen LogP contribution in [0.25, 0.3) is 11.0 Å². The largest absolute Gasteiger partial charge is 0.438 e. The highest BCUT2D eigenvalue weighted by Gasteiger charge is 2.16. The van der Waals surface area contributed by atoms with Gasteiger partial charge in [-0.3, -0.25) is 20.2 Å². The monoisotopic (exact) mass is 420 g/mol. The summed E-state index contributed by atoms with van der Waals surface area (Å²) in [7, 11) is 0. The van der Waals surface area contributed by atoms with Crippen molar-refractivity contribution in [3.8, 4) is 0 Å². The number of hydrogen-bond donors (Lipinski definition) is 1. The lowest BCUT2D eigenvalue weighted by Gasteiger charge is -2.06. The van der Waals surface area contributed by atoms with E-state index in [2.05, 4.69) is 15.3 Å². The number of amides is 1. The predicted molar refractivity (Wildman–Crippen MR) is 114 cm³/mol. The molecule has 30 heavy (non-hydrogen) atoms. The van der Waals surface area contributed by atoms with Crippen molar-refractivity contribution < 1.29 is 14.1 Å². The summed E-state index contributed by atoms with van der Waals surface area (Å²) >= 11 is 1.28. The quantitative estimate of drug-likeness (QED) is 0.373. The molecule has 0 aliphatic rings. The summed E-state index contributed by atoms with van der Waals surface area (Å²) in [6.07, 6.45) is 1.58. The van der Waals surface area contributed by atoms with E-state index in [1.807, 2.05) is 32.0 Å². The van der Waals surface area contributed by atoms with E-state index in [0.29, 0.717) is 21.8 Å². The molecule has 4 aromatic rings. The van der Waals surface area contributed by atoms with Crippen molar-refractivity contribution in [3.63, 3.8) is 0 Å². The van der Waals surface area contributed by atoms with Crippen LogP contribution in [0.4, 0.5) is 16.5 Å². The molecule has 8 nitrogen and oxygen atoms in total. The van der Waals surface area contributed by atoms with Gasteiger partial charge in [-0.05, 0) is 37.6 Å². The number of rotatable bonds is 4. The summed E-state index contributed by atoms with van der Waals surface area (Å²) in [5.74, 6) is -0.467. The van der Waals surface area contributed by atoms with Gasteiger partial charge in [0.2, 0.25) is 5.55 Å². The van der Waals surface area contributed by atoms with Gasteiger partial charge >= 0.3 is 0 Å². The molecule has 150 valence electrons. The van der Waals surface area contributed by atoms with Crippen molar-refractivity contribution in [2.45, 2.75) is 13.8 Å². The summed E-state index contributed by atoms with van der Waals surface area (Å²) in [6, 6.07) is 11.5. The SMILES string of the molecule is Cc1ccc(N=c2oc3ccc([N+](=O)[O-])cc3cc2C(=O)Nc2nccs2)c(C)c1. The molecular weight excluding hydrogens is 404 g/mol. The van der Waals surface area contributed by atoms with E-state index in [1.165, 1.54) is 35.6 Å². The number of hydrogen-bond acceptors (Lipinski definition) is 7. The van der Waals surface area contributed by atoms with Gasteiger partial charge in [0.05, 0.1) is 10.6 Å². The molecule has 0 fully saturated rings. The molecule has 0 atom stereocenters. The van der Waals surface area contributed by atoms with Gasteiger partial charge in [0, 0.05) is 29.1 Å². The number of benzene rings is 2. The summed E-state index contributed by atoms with van der Waals surface area (Å²) < 4.78 is 5.89. The average molecular weight is 420 g/mol. The number of nitrogens with zero attached hydrogens (tertiary/aromatic N) is 3. The zero-order valence-electron chi connectivity index (χ0n) is 16.1. The van der Waals surface area contributed by atoms with Gasteiger partial charge in [0.15, 0.2) is 5.13 Å². The Morgan fingerprint density at radius 2 is 2.03 bits per heavy atom. The first kappa shape index (κ1) is 19.5. The number of carbonyl (C=O) groups excluding carboxylic acids is 1. The first-order valence-corrected chi connectivity index (χ1v) is 9.84. The summed E-state index contributed by atoms with van der Waals surface area (Å²) in [6.45, 7) is 3.91. The summed E-state index contributed by atoms with van der Waals surface area (Å²) in [5.41, 5.74) is 3.23. The van der Waals surface area contributed by atoms with E-state index in [-0.39, 0.29) is 16.8 Å². The van der Waals surface area contributed by atoms with Crippen LogP contribution in [0.3, 0.4) is 0 Å². The van der Waals surface area contributed by atoms with Crippen molar-refractivity contribution in [3.05, 3.63) is 86.4 Å². The van der Waals surface area contributed by atoms with Crippen LogP contribution in [-0.4, -0.2) is 15.8 Å². The Labute approximate surface area is 174 Å². The minimum Gasteiger partial charge on any atom is -0.438 e. The number of aromatic nitrogens is 1. The Morgan fingerprint density at radius 3 is 2.73 bits per heavy atom.